The molecular weight excluding hydrogens is 401 g/mol. The molecule has 0 bridgehead atoms. The molecule has 0 aliphatic heterocycles. The molecule has 0 spiro atoms. The van der Waals surface area contributed by atoms with Crippen LogP contribution in [-0.4, -0.2) is 29.4 Å². The van der Waals surface area contributed by atoms with Crippen molar-refractivity contribution in [1.82, 2.24) is 9.88 Å². The number of carbonyl (C=O) groups is 1. The van der Waals surface area contributed by atoms with Crippen molar-refractivity contribution in [2.75, 3.05) is 13.6 Å². The van der Waals surface area contributed by atoms with Crippen molar-refractivity contribution in [2.24, 2.45) is 0 Å². The zero-order chi connectivity index (χ0) is 21.0. The first-order valence-corrected chi connectivity index (χ1v) is 9.77. The SMILES string of the molecule is CCN(C)C(=O)c1csc(-c2ccccc2OCc2ccccc2C(F)(F)F)n1. The summed E-state index contributed by atoms with van der Waals surface area (Å²) in [6.45, 7) is 2.19. The fourth-order valence-electron chi connectivity index (χ4n) is 2.68. The van der Waals surface area contributed by atoms with E-state index in [-0.39, 0.29) is 18.1 Å². The maximum Gasteiger partial charge on any atom is 0.416 e. The molecule has 0 fully saturated rings. The first-order valence-electron chi connectivity index (χ1n) is 8.89. The van der Waals surface area contributed by atoms with Crippen molar-refractivity contribution in [2.45, 2.75) is 19.7 Å². The first kappa shape index (κ1) is 20.9. The van der Waals surface area contributed by atoms with Gasteiger partial charge in [-0.15, -0.1) is 11.3 Å². The molecule has 29 heavy (non-hydrogen) atoms. The Morgan fingerprint density at radius 3 is 2.55 bits per heavy atom. The lowest BCUT2D eigenvalue weighted by Crippen LogP contribution is -2.26. The highest BCUT2D eigenvalue weighted by atomic mass is 32.1. The van der Waals surface area contributed by atoms with Crippen molar-refractivity contribution in [3.05, 3.63) is 70.7 Å². The van der Waals surface area contributed by atoms with Crippen LogP contribution in [0, 0.1) is 0 Å². The number of alkyl halides is 3. The van der Waals surface area contributed by atoms with Gasteiger partial charge < -0.3 is 9.64 Å². The van der Waals surface area contributed by atoms with E-state index in [2.05, 4.69) is 4.98 Å². The van der Waals surface area contributed by atoms with E-state index in [9.17, 15) is 18.0 Å². The molecule has 8 heteroatoms. The smallest absolute Gasteiger partial charge is 0.416 e. The molecule has 2 aromatic carbocycles. The molecule has 0 saturated heterocycles. The lowest BCUT2D eigenvalue weighted by molar-refractivity contribution is -0.138. The number of para-hydroxylation sites is 1. The van der Waals surface area contributed by atoms with E-state index in [1.54, 1.807) is 47.7 Å². The average Bonchev–Trinajstić information content (AvgIpc) is 3.21. The van der Waals surface area contributed by atoms with Gasteiger partial charge in [-0.1, -0.05) is 30.3 Å². The summed E-state index contributed by atoms with van der Waals surface area (Å²) >= 11 is 1.28. The fraction of sp³-hybridized carbons (Fsp3) is 0.238. The Hall–Kier alpha value is -2.87. The maximum absolute atomic E-state index is 13.2. The highest BCUT2D eigenvalue weighted by Crippen LogP contribution is 2.35. The average molecular weight is 420 g/mol. The molecule has 4 nitrogen and oxygen atoms in total. The predicted molar refractivity (Wildman–Crippen MR) is 106 cm³/mol. The summed E-state index contributed by atoms with van der Waals surface area (Å²) in [5, 5.41) is 2.23. The number of benzene rings is 2. The Kier molecular flexibility index (Phi) is 6.22. The van der Waals surface area contributed by atoms with Gasteiger partial charge in [-0.05, 0) is 25.1 Å². The van der Waals surface area contributed by atoms with E-state index in [0.717, 1.165) is 6.07 Å². The lowest BCUT2D eigenvalue weighted by atomic mass is 10.1. The zero-order valence-corrected chi connectivity index (χ0v) is 16.7. The van der Waals surface area contributed by atoms with Crippen molar-refractivity contribution < 1.29 is 22.7 Å². The van der Waals surface area contributed by atoms with Crippen molar-refractivity contribution in [3.63, 3.8) is 0 Å². The minimum atomic E-state index is -4.45. The van der Waals surface area contributed by atoms with Gasteiger partial charge in [-0.2, -0.15) is 13.2 Å². The van der Waals surface area contributed by atoms with E-state index < -0.39 is 11.7 Å². The standard InChI is InChI=1S/C21H19F3N2O2S/c1-3-26(2)20(27)17-13-29-19(25-17)15-9-5-7-11-18(15)28-12-14-8-4-6-10-16(14)21(22,23)24/h4-11,13H,3,12H2,1-2H3. The van der Waals surface area contributed by atoms with Gasteiger partial charge >= 0.3 is 6.18 Å². The molecule has 0 radical (unpaired) electrons. The topological polar surface area (TPSA) is 42.4 Å². The molecule has 0 aliphatic rings. The quantitative estimate of drug-likeness (QED) is 0.529. The van der Waals surface area contributed by atoms with Crippen LogP contribution in [0.3, 0.4) is 0 Å². The molecule has 3 aromatic rings. The van der Waals surface area contributed by atoms with Gasteiger partial charge in [-0.25, -0.2) is 4.98 Å². The zero-order valence-electron chi connectivity index (χ0n) is 15.9. The number of aromatic nitrogens is 1. The molecule has 0 aliphatic carbocycles. The van der Waals surface area contributed by atoms with E-state index >= 15 is 0 Å². The third-order valence-corrected chi connectivity index (χ3v) is 5.24. The summed E-state index contributed by atoms with van der Waals surface area (Å²) in [7, 11) is 1.69. The van der Waals surface area contributed by atoms with Crippen LogP contribution in [0.15, 0.2) is 53.9 Å². The number of hydrogen-bond donors (Lipinski definition) is 0. The van der Waals surface area contributed by atoms with Gasteiger partial charge in [0, 0.05) is 24.5 Å². The van der Waals surface area contributed by atoms with Crippen molar-refractivity contribution in [3.8, 4) is 16.3 Å². The molecule has 0 saturated carbocycles. The monoisotopic (exact) mass is 420 g/mol. The Morgan fingerprint density at radius 1 is 1.14 bits per heavy atom. The second-order valence-electron chi connectivity index (χ2n) is 6.30. The number of carbonyl (C=O) groups excluding carboxylic acids is 1. The van der Waals surface area contributed by atoms with Crippen LogP contribution in [0.2, 0.25) is 0 Å². The van der Waals surface area contributed by atoms with Crippen molar-refractivity contribution in [1.29, 1.82) is 0 Å². The first-order chi connectivity index (χ1) is 13.8. The molecule has 0 unspecified atom stereocenters. The molecule has 1 amide bonds. The van der Waals surface area contributed by atoms with Gasteiger partial charge in [-0.3, -0.25) is 4.79 Å². The van der Waals surface area contributed by atoms with Gasteiger partial charge in [0.05, 0.1) is 11.1 Å². The molecule has 1 aromatic heterocycles. The van der Waals surface area contributed by atoms with Gasteiger partial charge in [0.1, 0.15) is 23.1 Å². The number of rotatable bonds is 6. The number of ether oxygens (including phenoxy) is 1. The highest BCUT2D eigenvalue weighted by molar-refractivity contribution is 7.13. The van der Waals surface area contributed by atoms with Crippen molar-refractivity contribution >= 4 is 17.2 Å². The second-order valence-corrected chi connectivity index (χ2v) is 7.16. The van der Waals surface area contributed by atoms with Crippen LogP contribution in [0.25, 0.3) is 10.6 Å². The Balaban J connectivity index is 1.85. The Morgan fingerprint density at radius 2 is 1.83 bits per heavy atom. The normalized spacial score (nSPS) is 11.3. The summed E-state index contributed by atoms with van der Waals surface area (Å²) in [6.07, 6.45) is -4.45. The third kappa shape index (κ3) is 4.76. The van der Waals surface area contributed by atoms with Gasteiger partial charge in [0.25, 0.3) is 5.91 Å². The maximum atomic E-state index is 13.2. The lowest BCUT2D eigenvalue weighted by Gasteiger charge is -2.15. The third-order valence-electron chi connectivity index (χ3n) is 4.37. The molecule has 1 heterocycles. The number of thiazole rings is 1. The molecular formula is C21H19F3N2O2S. The van der Waals surface area contributed by atoms with Gasteiger partial charge in [0.15, 0.2) is 0 Å². The van der Waals surface area contributed by atoms with Crippen LogP contribution in [0.4, 0.5) is 13.2 Å². The summed E-state index contributed by atoms with van der Waals surface area (Å²) in [4.78, 5) is 18.2. The summed E-state index contributed by atoms with van der Waals surface area (Å²) in [5.41, 5.74) is 0.281. The fourth-order valence-corrected chi connectivity index (χ4v) is 3.51. The Labute approximate surface area is 170 Å². The van der Waals surface area contributed by atoms with E-state index in [1.165, 1.54) is 23.5 Å². The summed E-state index contributed by atoms with van der Waals surface area (Å²) < 4.78 is 45.3. The molecule has 3 rings (SSSR count). The second kappa shape index (κ2) is 8.65. The molecule has 0 N–H and O–H groups in total. The Bertz CT molecular complexity index is 1000. The summed E-state index contributed by atoms with van der Waals surface area (Å²) in [5.74, 6) is 0.217. The molecule has 0 atom stereocenters. The largest absolute Gasteiger partial charge is 0.488 e. The molecule has 152 valence electrons. The van der Waals surface area contributed by atoms with E-state index in [1.807, 2.05) is 6.92 Å². The number of amides is 1. The minimum absolute atomic E-state index is 0.0504. The number of nitrogens with zero attached hydrogens (tertiary/aromatic N) is 2. The number of hydrogen-bond acceptors (Lipinski definition) is 4. The highest BCUT2D eigenvalue weighted by Gasteiger charge is 2.33. The van der Waals surface area contributed by atoms with Crippen LogP contribution in [0.5, 0.6) is 5.75 Å². The van der Waals surface area contributed by atoms with Crippen LogP contribution < -0.4 is 4.74 Å². The van der Waals surface area contributed by atoms with Gasteiger partial charge in [0.2, 0.25) is 0 Å². The predicted octanol–water partition coefficient (Wildman–Crippen LogP) is 5.50. The van der Waals surface area contributed by atoms with E-state index in [0.29, 0.717) is 28.6 Å². The van der Waals surface area contributed by atoms with Crippen LogP contribution in [0.1, 0.15) is 28.5 Å². The van der Waals surface area contributed by atoms with Crippen LogP contribution in [-0.2, 0) is 12.8 Å². The van der Waals surface area contributed by atoms with E-state index in [4.69, 9.17) is 4.74 Å². The number of halogens is 3. The minimum Gasteiger partial charge on any atom is -0.488 e. The summed E-state index contributed by atoms with van der Waals surface area (Å²) in [6, 6.07) is 12.3. The van der Waals surface area contributed by atoms with Crippen LogP contribution >= 0.6 is 11.3 Å².